The third-order valence-electron chi connectivity index (χ3n) is 3.69. The largest absolute Gasteiger partial charge is 0.508 e. The van der Waals surface area contributed by atoms with Gasteiger partial charge in [-0.05, 0) is 12.1 Å². The van der Waals surface area contributed by atoms with Crippen molar-refractivity contribution in [3.8, 4) is 28.6 Å². The van der Waals surface area contributed by atoms with Gasteiger partial charge in [-0.2, -0.15) is 13.2 Å². The highest BCUT2D eigenvalue weighted by atomic mass is 35.5. The molecule has 0 unspecified atom stereocenters. The Morgan fingerprint density at radius 1 is 1.25 bits per heavy atom. The summed E-state index contributed by atoms with van der Waals surface area (Å²) in [4.78, 5) is 8.12. The topological polar surface area (TPSA) is 64.5 Å². The number of thiazole rings is 1. The summed E-state index contributed by atoms with van der Waals surface area (Å²) in [7, 11) is 1.47. The van der Waals surface area contributed by atoms with Crippen molar-refractivity contribution in [2.45, 2.75) is 12.6 Å². The van der Waals surface area contributed by atoms with Crippen LogP contribution in [0.15, 0.2) is 35.8 Å². The first-order valence-corrected chi connectivity index (χ1v) is 9.21. The number of nitrogens with zero attached hydrogens (tertiary/aromatic N) is 2. The number of aromatic hydroxyl groups is 1. The maximum Gasteiger partial charge on any atom is 0.417 e. The van der Waals surface area contributed by atoms with E-state index in [1.807, 2.05) is 0 Å². The van der Waals surface area contributed by atoms with Crippen LogP contribution in [-0.4, -0.2) is 28.8 Å². The molecular formula is C18H14ClF3N2O3S. The number of phenols is 1. The standard InChI is InChI=1S/C18H14ClF3N2O3S/c1-26-17-12(6-11(25)7-13(17)19)14-9-28-16(24-14)4-5-27-15-3-2-10(8-23-15)18(20,21)22/h2-3,6-9,25H,4-5H2,1H3. The summed E-state index contributed by atoms with van der Waals surface area (Å²) in [6.07, 6.45) is -3.27. The number of halogens is 4. The highest BCUT2D eigenvalue weighted by Crippen LogP contribution is 2.39. The van der Waals surface area contributed by atoms with Gasteiger partial charge < -0.3 is 14.6 Å². The van der Waals surface area contributed by atoms with Crippen LogP contribution in [0.5, 0.6) is 17.4 Å². The number of aromatic nitrogens is 2. The molecule has 0 radical (unpaired) electrons. The average Bonchev–Trinajstić information content (AvgIpc) is 3.09. The number of hydrogen-bond acceptors (Lipinski definition) is 6. The summed E-state index contributed by atoms with van der Waals surface area (Å²) in [5.41, 5.74) is 0.311. The fourth-order valence-corrected chi connectivity index (χ4v) is 3.47. The molecule has 3 aromatic rings. The summed E-state index contributed by atoms with van der Waals surface area (Å²) in [6, 6.07) is 4.98. The molecule has 10 heteroatoms. The van der Waals surface area contributed by atoms with E-state index < -0.39 is 11.7 Å². The molecule has 0 spiro atoms. The predicted molar refractivity (Wildman–Crippen MR) is 99.2 cm³/mol. The number of rotatable bonds is 6. The fraction of sp³-hybridized carbons (Fsp3) is 0.222. The van der Waals surface area contributed by atoms with Crippen molar-refractivity contribution in [1.29, 1.82) is 0 Å². The molecule has 0 bridgehead atoms. The van der Waals surface area contributed by atoms with Crippen LogP contribution >= 0.6 is 22.9 Å². The zero-order valence-electron chi connectivity index (χ0n) is 14.5. The maximum atomic E-state index is 12.5. The molecule has 0 atom stereocenters. The molecule has 0 amide bonds. The summed E-state index contributed by atoms with van der Waals surface area (Å²) >= 11 is 7.45. The SMILES string of the molecule is COc1c(Cl)cc(O)cc1-c1csc(CCOc2ccc(C(F)(F)F)cn2)n1. The minimum absolute atomic E-state index is 0.00735. The molecule has 0 aliphatic heterocycles. The van der Waals surface area contributed by atoms with Gasteiger partial charge in [-0.3, -0.25) is 0 Å². The molecule has 28 heavy (non-hydrogen) atoms. The number of methoxy groups -OCH3 is 1. The van der Waals surface area contributed by atoms with Gasteiger partial charge in [-0.25, -0.2) is 9.97 Å². The lowest BCUT2D eigenvalue weighted by Crippen LogP contribution is -2.07. The fourth-order valence-electron chi connectivity index (χ4n) is 2.40. The van der Waals surface area contributed by atoms with Gasteiger partial charge in [0, 0.05) is 35.7 Å². The first-order valence-electron chi connectivity index (χ1n) is 7.95. The number of alkyl halides is 3. The maximum absolute atomic E-state index is 12.5. The Morgan fingerprint density at radius 2 is 2.04 bits per heavy atom. The molecule has 2 heterocycles. The van der Waals surface area contributed by atoms with E-state index in [9.17, 15) is 18.3 Å². The second kappa shape index (κ2) is 8.24. The quantitative estimate of drug-likeness (QED) is 0.581. The van der Waals surface area contributed by atoms with Crippen molar-refractivity contribution in [2.24, 2.45) is 0 Å². The Kier molecular flexibility index (Phi) is 5.95. The van der Waals surface area contributed by atoms with E-state index in [0.717, 1.165) is 17.3 Å². The summed E-state index contributed by atoms with van der Waals surface area (Å²) < 4.78 is 48.2. The minimum atomic E-state index is -4.43. The lowest BCUT2D eigenvalue weighted by atomic mass is 10.1. The second-order valence-electron chi connectivity index (χ2n) is 5.62. The first-order chi connectivity index (χ1) is 13.3. The molecule has 148 valence electrons. The molecular weight excluding hydrogens is 417 g/mol. The van der Waals surface area contributed by atoms with Gasteiger partial charge in [0.05, 0.1) is 35.0 Å². The molecule has 1 aromatic carbocycles. The summed E-state index contributed by atoms with van der Waals surface area (Å²) in [6.45, 7) is 0.198. The van der Waals surface area contributed by atoms with Gasteiger partial charge in [0.2, 0.25) is 5.88 Å². The predicted octanol–water partition coefficient (Wildman–Crippen LogP) is 5.21. The molecule has 0 saturated heterocycles. The number of phenolic OH excluding ortho intramolecular Hbond substituents is 1. The smallest absolute Gasteiger partial charge is 0.417 e. The Balaban J connectivity index is 1.64. The zero-order valence-corrected chi connectivity index (χ0v) is 16.0. The van der Waals surface area contributed by atoms with Crippen molar-refractivity contribution in [3.63, 3.8) is 0 Å². The zero-order chi connectivity index (χ0) is 20.3. The van der Waals surface area contributed by atoms with Crippen LogP contribution in [0.3, 0.4) is 0 Å². The second-order valence-corrected chi connectivity index (χ2v) is 6.97. The van der Waals surface area contributed by atoms with Crippen molar-refractivity contribution in [3.05, 3.63) is 51.4 Å². The molecule has 2 aromatic heterocycles. The normalized spacial score (nSPS) is 11.5. The van der Waals surface area contributed by atoms with Crippen LogP contribution in [0.2, 0.25) is 5.02 Å². The monoisotopic (exact) mass is 430 g/mol. The number of benzene rings is 1. The van der Waals surface area contributed by atoms with Crippen LogP contribution in [0.25, 0.3) is 11.3 Å². The molecule has 1 N–H and O–H groups in total. The van der Waals surface area contributed by atoms with Crippen LogP contribution in [0.4, 0.5) is 13.2 Å². The van der Waals surface area contributed by atoms with Gasteiger partial charge in [0.15, 0.2) is 0 Å². The van der Waals surface area contributed by atoms with Crippen LogP contribution in [0.1, 0.15) is 10.6 Å². The first kappa shape index (κ1) is 20.2. The Morgan fingerprint density at radius 3 is 2.68 bits per heavy atom. The van der Waals surface area contributed by atoms with Crippen molar-refractivity contribution in [2.75, 3.05) is 13.7 Å². The van der Waals surface area contributed by atoms with Crippen LogP contribution in [-0.2, 0) is 12.6 Å². The van der Waals surface area contributed by atoms with Gasteiger partial charge in [0.1, 0.15) is 11.5 Å². The van der Waals surface area contributed by atoms with E-state index in [4.69, 9.17) is 21.1 Å². The number of hydrogen-bond donors (Lipinski definition) is 1. The molecule has 0 fully saturated rings. The van der Waals surface area contributed by atoms with E-state index in [1.165, 1.54) is 36.6 Å². The molecule has 0 saturated carbocycles. The van der Waals surface area contributed by atoms with Crippen molar-refractivity contribution < 1.29 is 27.8 Å². The third-order valence-corrected chi connectivity index (χ3v) is 4.88. The van der Waals surface area contributed by atoms with E-state index in [-0.39, 0.29) is 23.3 Å². The van der Waals surface area contributed by atoms with Crippen LogP contribution in [0, 0.1) is 0 Å². The van der Waals surface area contributed by atoms with Crippen LogP contribution < -0.4 is 9.47 Å². The lowest BCUT2D eigenvalue weighted by molar-refractivity contribution is -0.137. The van der Waals surface area contributed by atoms with Gasteiger partial charge in [-0.1, -0.05) is 11.6 Å². The van der Waals surface area contributed by atoms with Gasteiger partial charge >= 0.3 is 6.18 Å². The minimum Gasteiger partial charge on any atom is -0.508 e. The summed E-state index contributed by atoms with van der Waals surface area (Å²) in [5.74, 6) is 0.500. The Bertz CT molecular complexity index is 962. The molecule has 0 aliphatic carbocycles. The highest BCUT2D eigenvalue weighted by molar-refractivity contribution is 7.09. The van der Waals surface area contributed by atoms with E-state index in [1.54, 1.807) is 5.38 Å². The molecule has 3 rings (SSSR count). The molecule has 5 nitrogen and oxygen atoms in total. The van der Waals surface area contributed by atoms with Gasteiger partial charge in [0.25, 0.3) is 0 Å². The van der Waals surface area contributed by atoms with E-state index >= 15 is 0 Å². The Hall–Kier alpha value is -2.52. The van der Waals surface area contributed by atoms with Crippen molar-refractivity contribution in [1.82, 2.24) is 9.97 Å². The lowest BCUT2D eigenvalue weighted by Gasteiger charge is -2.09. The number of pyridine rings is 1. The third kappa shape index (κ3) is 4.66. The molecule has 0 aliphatic rings. The summed E-state index contributed by atoms with van der Waals surface area (Å²) in [5, 5.41) is 12.6. The Labute approximate surface area is 167 Å². The van der Waals surface area contributed by atoms with E-state index in [2.05, 4.69) is 9.97 Å². The van der Waals surface area contributed by atoms with Gasteiger partial charge in [-0.15, -0.1) is 11.3 Å². The van der Waals surface area contributed by atoms with Crippen molar-refractivity contribution >= 4 is 22.9 Å². The number of ether oxygens (including phenoxy) is 2. The average molecular weight is 431 g/mol. The highest BCUT2D eigenvalue weighted by Gasteiger charge is 2.30. The van der Waals surface area contributed by atoms with E-state index in [0.29, 0.717) is 23.4 Å².